The number of sulfonamides is 1. The zero-order chi connectivity index (χ0) is 24.1. The zero-order valence-corrected chi connectivity index (χ0v) is 20.7. The van der Waals surface area contributed by atoms with Crippen LogP contribution in [-0.4, -0.2) is 51.5 Å². The topological polar surface area (TPSA) is 84.9 Å². The molecular formula is C25H34N2O5S. The third-order valence-electron chi connectivity index (χ3n) is 5.63. The van der Waals surface area contributed by atoms with Crippen molar-refractivity contribution in [2.75, 3.05) is 38.2 Å². The lowest BCUT2D eigenvalue weighted by Gasteiger charge is -2.26. The lowest BCUT2D eigenvalue weighted by atomic mass is 9.87. The predicted molar refractivity (Wildman–Crippen MR) is 129 cm³/mol. The second-order valence-electron chi connectivity index (χ2n) is 9.27. The smallest absolute Gasteiger partial charge is 0.243 e. The molecule has 1 aliphatic rings. The molecule has 2 aromatic carbocycles. The molecule has 2 aromatic rings. The third-order valence-corrected chi connectivity index (χ3v) is 7.52. The Kier molecular flexibility index (Phi) is 8.15. The van der Waals surface area contributed by atoms with Gasteiger partial charge < -0.3 is 14.8 Å². The van der Waals surface area contributed by atoms with Gasteiger partial charge in [-0.2, -0.15) is 4.31 Å². The van der Waals surface area contributed by atoms with Gasteiger partial charge in [0.2, 0.25) is 15.9 Å². The Balaban J connectivity index is 1.52. The molecule has 0 atom stereocenters. The summed E-state index contributed by atoms with van der Waals surface area (Å²) in [5.74, 6) is 0.603. The number of aryl methyl sites for hydroxylation is 1. The number of anilines is 1. The molecule has 1 aliphatic heterocycles. The van der Waals surface area contributed by atoms with Crippen molar-refractivity contribution in [2.24, 2.45) is 0 Å². The number of nitrogens with one attached hydrogen (secondary N) is 1. The SMILES string of the molecule is Cc1ccc(S(=O)(=O)N2CCOCC2)cc1NC(=O)CCCOc1ccc(C(C)(C)C)cc1. The van der Waals surface area contributed by atoms with Gasteiger partial charge in [0, 0.05) is 25.2 Å². The van der Waals surface area contributed by atoms with Gasteiger partial charge in [0.25, 0.3) is 0 Å². The Morgan fingerprint density at radius 1 is 1.09 bits per heavy atom. The molecular weight excluding hydrogens is 440 g/mol. The van der Waals surface area contributed by atoms with Crippen molar-refractivity contribution < 1.29 is 22.7 Å². The summed E-state index contributed by atoms with van der Waals surface area (Å²) < 4.78 is 38.2. The van der Waals surface area contributed by atoms with E-state index in [4.69, 9.17) is 9.47 Å². The van der Waals surface area contributed by atoms with Crippen LogP contribution in [0.5, 0.6) is 5.75 Å². The van der Waals surface area contributed by atoms with E-state index in [0.29, 0.717) is 45.0 Å². The number of morpholine rings is 1. The molecule has 0 bridgehead atoms. The summed E-state index contributed by atoms with van der Waals surface area (Å²) in [6.45, 7) is 10.2. The van der Waals surface area contributed by atoms with Crippen LogP contribution in [0, 0.1) is 6.92 Å². The van der Waals surface area contributed by atoms with Gasteiger partial charge in [-0.25, -0.2) is 8.42 Å². The van der Waals surface area contributed by atoms with Crippen molar-refractivity contribution in [3.63, 3.8) is 0 Å². The molecule has 1 N–H and O–H groups in total. The maximum Gasteiger partial charge on any atom is 0.243 e. The van der Waals surface area contributed by atoms with Crippen LogP contribution in [0.1, 0.15) is 44.7 Å². The number of amides is 1. The molecule has 0 aliphatic carbocycles. The van der Waals surface area contributed by atoms with Crippen LogP contribution in [0.15, 0.2) is 47.4 Å². The monoisotopic (exact) mass is 474 g/mol. The molecule has 1 saturated heterocycles. The molecule has 0 unspecified atom stereocenters. The van der Waals surface area contributed by atoms with Crippen molar-refractivity contribution in [1.82, 2.24) is 4.31 Å². The van der Waals surface area contributed by atoms with Crippen LogP contribution in [-0.2, 0) is 25.0 Å². The third kappa shape index (κ3) is 6.79. The summed E-state index contributed by atoms with van der Waals surface area (Å²) in [6, 6.07) is 12.8. The molecule has 0 spiro atoms. The highest BCUT2D eigenvalue weighted by molar-refractivity contribution is 7.89. The molecule has 8 heteroatoms. The summed E-state index contributed by atoms with van der Waals surface area (Å²) in [4.78, 5) is 12.6. The lowest BCUT2D eigenvalue weighted by molar-refractivity contribution is -0.116. The van der Waals surface area contributed by atoms with Crippen molar-refractivity contribution in [3.8, 4) is 5.75 Å². The van der Waals surface area contributed by atoms with Crippen LogP contribution in [0.25, 0.3) is 0 Å². The first-order valence-electron chi connectivity index (χ1n) is 11.3. The molecule has 1 fully saturated rings. The van der Waals surface area contributed by atoms with Crippen LogP contribution >= 0.6 is 0 Å². The number of hydrogen-bond acceptors (Lipinski definition) is 5. The second-order valence-corrected chi connectivity index (χ2v) is 11.2. The fourth-order valence-electron chi connectivity index (χ4n) is 3.52. The number of benzene rings is 2. The number of hydrogen-bond donors (Lipinski definition) is 1. The van der Waals surface area contributed by atoms with E-state index in [1.54, 1.807) is 12.1 Å². The Morgan fingerprint density at radius 2 is 1.76 bits per heavy atom. The van der Waals surface area contributed by atoms with Crippen molar-refractivity contribution in [2.45, 2.75) is 50.8 Å². The number of rotatable bonds is 8. The van der Waals surface area contributed by atoms with Gasteiger partial charge in [0.1, 0.15) is 5.75 Å². The van der Waals surface area contributed by atoms with Crippen LogP contribution in [0.2, 0.25) is 0 Å². The maximum absolute atomic E-state index is 12.9. The average molecular weight is 475 g/mol. The van der Waals surface area contributed by atoms with Crippen LogP contribution in [0.3, 0.4) is 0 Å². The standard InChI is InChI=1S/C25H34N2O5S/c1-19-7-12-22(33(29,30)27-13-16-31-17-14-27)18-23(19)26-24(28)6-5-15-32-21-10-8-20(9-11-21)25(2,3)4/h7-12,18H,5-6,13-17H2,1-4H3,(H,26,28). The minimum absolute atomic E-state index is 0.0909. The zero-order valence-electron chi connectivity index (χ0n) is 19.9. The fraction of sp³-hybridized carbons (Fsp3) is 0.480. The van der Waals surface area contributed by atoms with Gasteiger partial charge in [0.15, 0.2) is 0 Å². The van der Waals surface area contributed by atoms with E-state index in [-0.39, 0.29) is 22.6 Å². The lowest BCUT2D eigenvalue weighted by Crippen LogP contribution is -2.40. The highest BCUT2D eigenvalue weighted by Crippen LogP contribution is 2.25. The maximum atomic E-state index is 12.9. The van der Waals surface area contributed by atoms with Gasteiger partial charge in [0.05, 0.1) is 24.7 Å². The van der Waals surface area contributed by atoms with E-state index in [1.807, 2.05) is 19.1 Å². The Hall–Kier alpha value is -2.42. The second kappa shape index (κ2) is 10.7. The quantitative estimate of drug-likeness (QED) is 0.582. The number of nitrogens with zero attached hydrogens (tertiary/aromatic N) is 1. The number of ether oxygens (including phenoxy) is 2. The van der Waals surface area contributed by atoms with E-state index < -0.39 is 10.0 Å². The summed E-state index contributed by atoms with van der Waals surface area (Å²) in [5.41, 5.74) is 2.64. The summed E-state index contributed by atoms with van der Waals surface area (Å²) in [5, 5.41) is 2.85. The van der Waals surface area contributed by atoms with Gasteiger partial charge in [-0.3, -0.25) is 4.79 Å². The molecule has 0 aromatic heterocycles. The summed E-state index contributed by atoms with van der Waals surface area (Å²) in [6.07, 6.45) is 0.831. The van der Waals surface area contributed by atoms with Crippen LogP contribution in [0.4, 0.5) is 5.69 Å². The van der Waals surface area contributed by atoms with E-state index in [1.165, 1.54) is 15.9 Å². The minimum atomic E-state index is -3.62. The van der Waals surface area contributed by atoms with Gasteiger partial charge in [-0.05, 0) is 54.2 Å². The Morgan fingerprint density at radius 3 is 2.39 bits per heavy atom. The fourth-order valence-corrected chi connectivity index (χ4v) is 4.95. The average Bonchev–Trinajstić information content (AvgIpc) is 2.78. The van der Waals surface area contributed by atoms with E-state index in [2.05, 4.69) is 38.2 Å². The normalized spacial score (nSPS) is 15.3. The Bertz CT molecular complexity index is 1050. The van der Waals surface area contributed by atoms with Crippen molar-refractivity contribution >= 4 is 21.6 Å². The largest absolute Gasteiger partial charge is 0.494 e. The molecule has 1 amide bonds. The molecule has 33 heavy (non-hydrogen) atoms. The number of carbonyl (C=O) groups is 1. The highest BCUT2D eigenvalue weighted by Gasteiger charge is 2.26. The van der Waals surface area contributed by atoms with E-state index in [9.17, 15) is 13.2 Å². The molecule has 1 heterocycles. The van der Waals surface area contributed by atoms with Crippen molar-refractivity contribution in [1.29, 1.82) is 0 Å². The van der Waals surface area contributed by atoms with Gasteiger partial charge >= 0.3 is 0 Å². The molecule has 0 saturated carbocycles. The van der Waals surface area contributed by atoms with E-state index >= 15 is 0 Å². The first kappa shape index (κ1) is 25.2. The molecule has 7 nitrogen and oxygen atoms in total. The number of carbonyl (C=O) groups excluding carboxylic acids is 1. The van der Waals surface area contributed by atoms with Gasteiger partial charge in [-0.15, -0.1) is 0 Å². The summed E-state index contributed by atoms with van der Waals surface area (Å²) >= 11 is 0. The molecule has 180 valence electrons. The minimum Gasteiger partial charge on any atom is -0.494 e. The summed E-state index contributed by atoms with van der Waals surface area (Å²) in [7, 11) is -3.62. The van der Waals surface area contributed by atoms with E-state index in [0.717, 1.165) is 11.3 Å². The highest BCUT2D eigenvalue weighted by atomic mass is 32.2. The molecule has 3 rings (SSSR count). The molecule has 0 radical (unpaired) electrons. The first-order valence-corrected chi connectivity index (χ1v) is 12.7. The van der Waals surface area contributed by atoms with Gasteiger partial charge in [-0.1, -0.05) is 39.0 Å². The predicted octanol–water partition coefficient (Wildman–Crippen LogP) is 4.11. The van der Waals surface area contributed by atoms with Crippen LogP contribution < -0.4 is 10.1 Å². The Labute approximate surface area is 197 Å². The van der Waals surface area contributed by atoms with Crippen molar-refractivity contribution in [3.05, 3.63) is 53.6 Å². The first-order chi connectivity index (χ1) is 15.6.